The van der Waals surface area contributed by atoms with E-state index in [4.69, 9.17) is 0 Å². The SMILES string of the molecule is C=C/C=C(\SCC(=C)C)c1cc(C(C)(F)F)n(C)n1.CCCc1ccccc1CC. The fourth-order valence-electron chi connectivity index (χ4n) is 2.93. The molecule has 0 fully saturated rings. The van der Waals surface area contributed by atoms with Crippen molar-refractivity contribution in [3.8, 4) is 0 Å². The van der Waals surface area contributed by atoms with Crippen molar-refractivity contribution in [3.05, 3.63) is 83.7 Å². The maximum Gasteiger partial charge on any atom is 0.286 e. The van der Waals surface area contributed by atoms with Crippen LogP contribution in [0.3, 0.4) is 0 Å². The summed E-state index contributed by atoms with van der Waals surface area (Å²) in [6.07, 6.45) is 7.03. The number of aryl methyl sites for hydroxylation is 3. The van der Waals surface area contributed by atoms with Gasteiger partial charge in [0.25, 0.3) is 5.92 Å². The molecular formula is C25H34F2N2S. The molecule has 0 radical (unpaired) electrons. The summed E-state index contributed by atoms with van der Waals surface area (Å²) in [5, 5.41) is 4.14. The van der Waals surface area contributed by atoms with Gasteiger partial charge >= 0.3 is 0 Å². The van der Waals surface area contributed by atoms with Crippen LogP contribution in [0.1, 0.15) is 56.6 Å². The lowest BCUT2D eigenvalue weighted by atomic mass is 10.0. The Morgan fingerprint density at radius 1 is 1.23 bits per heavy atom. The average Bonchev–Trinajstić information content (AvgIpc) is 3.08. The number of rotatable bonds is 9. The molecule has 1 aromatic carbocycles. The van der Waals surface area contributed by atoms with Crippen LogP contribution in [-0.4, -0.2) is 15.5 Å². The standard InChI is InChI=1S/C14H18F2N2S.C11H16/c1-6-7-12(19-9-10(2)3)11-8-13(14(4,15)16)18(5)17-11;1-3-7-11-9-6-5-8-10(11)4-2/h6-8H,1-2,9H2,3-5H3;5-6,8-9H,3-4,7H2,1-2H3/b12-7-;. The first-order chi connectivity index (χ1) is 14.1. The molecule has 0 aliphatic rings. The highest BCUT2D eigenvalue weighted by Gasteiger charge is 2.29. The zero-order valence-electron chi connectivity index (χ0n) is 18.8. The molecule has 0 aliphatic carbocycles. The summed E-state index contributed by atoms with van der Waals surface area (Å²) < 4.78 is 28.0. The van der Waals surface area contributed by atoms with Crippen LogP contribution in [0, 0.1) is 0 Å². The molecule has 5 heteroatoms. The first kappa shape index (κ1) is 25.9. The third-order valence-corrected chi connectivity index (χ3v) is 5.64. The van der Waals surface area contributed by atoms with E-state index in [1.165, 1.54) is 53.5 Å². The molecule has 0 atom stereocenters. The summed E-state index contributed by atoms with van der Waals surface area (Å²) in [5.74, 6) is -2.19. The summed E-state index contributed by atoms with van der Waals surface area (Å²) in [6, 6.07) is 10.1. The number of benzene rings is 1. The highest BCUT2D eigenvalue weighted by atomic mass is 32.2. The number of hydrogen-bond donors (Lipinski definition) is 0. The molecule has 0 aliphatic heterocycles. The fraction of sp³-hybridized carbons (Fsp3) is 0.400. The van der Waals surface area contributed by atoms with Crippen molar-refractivity contribution in [2.24, 2.45) is 7.05 Å². The van der Waals surface area contributed by atoms with Gasteiger partial charge < -0.3 is 0 Å². The molecule has 0 spiro atoms. The van der Waals surface area contributed by atoms with Crippen LogP contribution >= 0.6 is 11.8 Å². The first-order valence-electron chi connectivity index (χ1n) is 10.2. The van der Waals surface area contributed by atoms with Gasteiger partial charge in [0.2, 0.25) is 0 Å². The molecule has 1 aromatic heterocycles. The van der Waals surface area contributed by atoms with Crippen LogP contribution in [0.4, 0.5) is 8.78 Å². The Balaban J connectivity index is 0.000000346. The van der Waals surface area contributed by atoms with Crippen LogP contribution in [0.25, 0.3) is 4.91 Å². The summed E-state index contributed by atoms with van der Waals surface area (Å²) in [4.78, 5) is 0.809. The third kappa shape index (κ3) is 8.31. The van der Waals surface area contributed by atoms with Gasteiger partial charge in [-0.15, -0.1) is 11.8 Å². The van der Waals surface area contributed by atoms with E-state index in [2.05, 4.69) is 56.4 Å². The zero-order chi connectivity index (χ0) is 22.7. The molecule has 2 nitrogen and oxygen atoms in total. The summed E-state index contributed by atoms with van der Waals surface area (Å²) in [6.45, 7) is 14.7. The molecule has 1 heterocycles. The van der Waals surface area contributed by atoms with Crippen molar-refractivity contribution in [2.75, 3.05) is 5.75 Å². The lowest BCUT2D eigenvalue weighted by Gasteiger charge is -2.08. The largest absolute Gasteiger partial charge is 0.286 e. The number of allylic oxidation sites excluding steroid dienone is 2. The Hall–Kier alpha value is -2.14. The van der Waals surface area contributed by atoms with E-state index in [1.54, 1.807) is 12.2 Å². The van der Waals surface area contributed by atoms with Crippen molar-refractivity contribution < 1.29 is 8.78 Å². The first-order valence-corrected chi connectivity index (χ1v) is 11.2. The van der Waals surface area contributed by atoms with Gasteiger partial charge in [0.05, 0.1) is 5.69 Å². The Morgan fingerprint density at radius 3 is 2.33 bits per heavy atom. The molecule has 0 saturated carbocycles. The fourth-order valence-corrected chi connectivity index (χ4v) is 3.77. The third-order valence-electron chi connectivity index (χ3n) is 4.34. The lowest BCUT2D eigenvalue weighted by Crippen LogP contribution is -2.12. The van der Waals surface area contributed by atoms with Crippen molar-refractivity contribution in [1.82, 2.24) is 9.78 Å². The predicted octanol–water partition coefficient (Wildman–Crippen LogP) is 7.57. The van der Waals surface area contributed by atoms with E-state index in [0.29, 0.717) is 11.4 Å². The Bertz CT molecular complexity index is 860. The minimum atomic E-state index is -2.90. The van der Waals surface area contributed by atoms with Gasteiger partial charge in [-0.3, -0.25) is 4.68 Å². The van der Waals surface area contributed by atoms with E-state index < -0.39 is 5.92 Å². The molecule has 2 rings (SSSR count). The van der Waals surface area contributed by atoms with Crippen LogP contribution in [0.2, 0.25) is 0 Å². The van der Waals surface area contributed by atoms with Crippen LogP contribution in [-0.2, 0) is 25.8 Å². The van der Waals surface area contributed by atoms with Gasteiger partial charge in [-0.05, 0) is 43.0 Å². The number of thioether (sulfide) groups is 1. The van der Waals surface area contributed by atoms with Gasteiger partial charge in [0.15, 0.2) is 0 Å². The lowest BCUT2D eigenvalue weighted by molar-refractivity contribution is 0.00883. The van der Waals surface area contributed by atoms with Gasteiger partial charge in [-0.25, -0.2) is 0 Å². The molecule has 2 aromatic rings. The second-order valence-electron chi connectivity index (χ2n) is 7.31. The topological polar surface area (TPSA) is 17.8 Å². The second kappa shape index (κ2) is 12.5. The van der Waals surface area contributed by atoms with Crippen LogP contribution in [0.15, 0.2) is 61.2 Å². The Labute approximate surface area is 184 Å². The number of nitrogens with zero attached hydrogens (tertiary/aromatic N) is 2. The second-order valence-corrected chi connectivity index (χ2v) is 8.33. The highest BCUT2D eigenvalue weighted by Crippen LogP contribution is 2.33. The minimum absolute atomic E-state index is 0.103. The van der Waals surface area contributed by atoms with Gasteiger partial charge in [-0.1, -0.05) is 69.3 Å². The monoisotopic (exact) mass is 432 g/mol. The van der Waals surface area contributed by atoms with E-state index in [-0.39, 0.29) is 5.69 Å². The molecule has 0 amide bonds. The van der Waals surface area contributed by atoms with Gasteiger partial charge in [0, 0.05) is 24.6 Å². The molecule has 0 N–H and O–H groups in total. The number of hydrogen-bond acceptors (Lipinski definition) is 2. The summed E-state index contributed by atoms with van der Waals surface area (Å²) in [7, 11) is 1.52. The number of aromatic nitrogens is 2. The average molecular weight is 433 g/mol. The van der Waals surface area contributed by atoms with Crippen molar-refractivity contribution in [2.45, 2.75) is 52.9 Å². The van der Waals surface area contributed by atoms with E-state index in [0.717, 1.165) is 23.8 Å². The van der Waals surface area contributed by atoms with Crippen LogP contribution in [0.5, 0.6) is 0 Å². The van der Waals surface area contributed by atoms with E-state index >= 15 is 0 Å². The summed E-state index contributed by atoms with van der Waals surface area (Å²) in [5.41, 5.74) is 4.47. The van der Waals surface area contributed by atoms with E-state index in [1.807, 2.05) is 6.92 Å². The number of halogens is 2. The molecular weight excluding hydrogens is 398 g/mol. The van der Waals surface area contributed by atoms with Crippen molar-refractivity contribution in [1.29, 1.82) is 0 Å². The summed E-state index contributed by atoms with van der Waals surface area (Å²) >= 11 is 1.51. The van der Waals surface area contributed by atoms with E-state index in [9.17, 15) is 8.78 Å². The Kier molecular flexibility index (Phi) is 10.8. The molecule has 164 valence electrons. The zero-order valence-corrected chi connectivity index (χ0v) is 19.7. The smallest absolute Gasteiger partial charge is 0.266 e. The molecule has 0 bridgehead atoms. The quantitative estimate of drug-likeness (QED) is 0.300. The Morgan fingerprint density at radius 2 is 1.87 bits per heavy atom. The van der Waals surface area contributed by atoms with Crippen molar-refractivity contribution >= 4 is 16.7 Å². The number of alkyl halides is 2. The predicted molar refractivity (Wildman–Crippen MR) is 128 cm³/mol. The maximum atomic E-state index is 13.4. The van der Waals surface area contributed by atoms with Crippen LogP contribution < -0.4 is 0 Å². The van der Waals surface area contributed by atoms with Gasteiger partial charge in [0.1, 0.15) is 5.69 Å². The van der Waals surface area contributed by atoms with Gasteiger partial charge in [-0.2, -0.15) is 13.9 Å². The molecule has 0 unspecified atom stereocenters. The molecule has 30 heavy (non-hydrogen) atoms. The molecule has 0 saturated heterocycles. The maximum absolute atomic E-state index is 13.4. The van der Waals surface area contributed by atoms with Crippen molar-refractivity contribution in [3.63, 3.8) is 0 Å². The highest BCUT2D eigenvalue weighted by molar-refractivity contribution is 8.08. The normalized spacial score (nSPS) is 11.6. The minimum Gasteiger partial charge on any atom is -0.266 e.